The molecule has 2 saturated heterocycles. The molecule has 5 heteroatoms. The molecule has 1 aromatic carbocycles. The van der Waals surface area contributed by atoms with Gasteiger partial charge in [-0.25, -0.2) is 0 Å². The van der Waals surface area contributed by atoms with E-state index in [9.17, 15) is 5.11 Å². The number of aliphatic hydroxyl groups is 1. The minimum atomic E-state index is -0.301. The third-order valence-electron chi connectivity index (χ3n) is 5.80. The van der Waals surface area contributed by atoms with Crippen molar-refractivity contribution in [1.82, 2.24) is 9.88 Å². The lowest BCUT2D eigenvalue weighted by atomic mass is 9.86. The molecule has 2 aliphatic rings. The van der Waals surface area contributed by atoms with Crippen LogP contribution in [-0.2, 0) is 11.3 Å². The third kappa shape index (κ3) is 2.51. The summed E-state index contributed by atoms with van der Waals surface area (Å²) in [6, 6.07) is 4.25. The molecule has 0 amide bonds. The molecule has 0 radical (unpaired) electrons. The van der Waals surface area contributed by atoms with Crippen molar-refractivity contribution < 1.29 is 14.6 Å². The Morgan fingerprint density at radius 2 is 2.21 bits per heavy atom. The summed E-state index contributed by atoms with van der Waals surface area (Å²) in [6.07, 6.45) is 4.27. The van der Waals surface area contributed by atoms with Gasteiger partial charge in [0.1, 0.15) is 5.75 Å². The lowest BCUT2D eigenvalue weighted by molar-refractivity contribution is -0.0950. The number of benzene rings is 1. The van der Waals surface area contributed by atoms with Crippen LogP contribution in [0.1, 0.15) is 30.4 Å². The minimum Gasteiger partial charge on any atom is -0.496 e. The molecule has 2 N–H and O–H groups in total. The number of nitrogens with zero attached hydrogens (tertiary/aromatic N) is 1. The molecule has 3 heterocycles. The number of aromatic nitrogens is 1. The van der Waals surface area contributed by atoms with Gasteiger partial charge in [-0.2, -0.15) is 0 Å². The number of rotatable bonds is 3. The molecule has 24 heavy (non-hydrogen) atoms. The molecule has 1 spiro atoms. The van der Waals surface area contributed by atoms with Crippen molar-refractivity contribution in [1.29, 1.82) is 0 Å². The molecule has 1 aromatic heterocycles. The van der Waals surface area contributed by atoms with Crippen LogP contribution in [0.4, 0.5) is 0 Å². The Morgan fingerprint density at radius 1 is 1.42 bits per heavy atom. The first-order valence-corrected chi connectivity index (χ1v) is 8.81. The summed E-state index contributed by atoms with van der Waals surface area (Å²) < 4.78 is 11.6. The molecule has 4 rings (SSSR count). The van der Waals surface area contributed by atoms with Gasteiger partial charge in [0.2, 0.25) is 0 Å². The van der Waals surface area contributed by atoms with Gasteiger partial charge < -0.3 is 19.6 Å². The van der Waals surface area contributed by atoms with Crippen molar-refractivity contribution in [3.8, 4) is 5.75 Å². The Labute approximate surface area is 142 Å². The standard InChI is InChI=1S/C19H26N2O3/c1-13-11-16(23-2)15(14-3-7-20-18(13)14)12-21-8-5-19(6-9-21)17(22)4-10-24-19/h3,7,11,17,20,22H,4-6,8-10,12H2,1-2H3. The third-order valence-corrected chi connectivity index (χ3v) is 5.80. The average Bonchev–Trinajstić information content (AvgIpc) is 3.21. The van der Waals surface area contributed by atoms with Crippen LogP contribution in [0.25, 0.3) is 10.9 Å². The van der Waals surface area contributed by atoms with Crippen molar-refractivity contribution in [2.75, 3.05) is 26.8 Å². The highest BCUT2D eigenvalue weighted by atomic mass is 16.5. The first kappa shape index (κ1) is 15.9. The quantitative estimate of drug-likeness (QED) is 0.908. The molecular weight excluding hydrogens is 304 g/mol. The smallest absolute Gasteiger partial charge is 0.124 e. The summed E-state index contributed by atoms with van der Waals surface area (Å²) in [5.41, 5.74) is 3.34. The van der Waals surface area contributed by atoms with Gasteiger partial charge in [0, 0.05) is 42.3 Å². The van der Waals surface area contributed by atoms with E-state index in [1.807, 2.05) is 6.20 Å². The number of aryl methyl sites for hydroxylation is 1. The van der Waals surface area contributed by atoms with E-state index in [2.05, 4.69) is 28.9 Å². The largest absolute Gasteiger partial charge is 0.496 e. The second-order valence-corrected chi connectivity index (χ2v) is 7.13. The molecule has 1 unspecified atom stereocenters. The van der Waals surface area contributed by atoms with Crippen LogP contribution in [0.5, 0.6) is 5.75 Å². The van der Waals surface area contributed by atoms with E-state index in [1.54, 1.807) is 7.11 Å². The van der Waals surface area contributed by atoms with Gasteiger partial charge in [-0.15, -0.1) is 0 Å². The maximum atomic E-state index is 10.2. The van der Waals surface area contributed by atoms with Crippen LogP contribution < -0.4 is 4.74 Å². The fourth-order valence-electron chi connectivity index (χ4n) is 4.30. The van der Waals surface area contributed by atoms with Gasteiger partial charge in [0.25, 0.3) is 0 Å². The monoisotopic (exact) mass is 330 g/mol. The lowest BCUT2D eigenvalue weighted by Crippen LogP contribution is -2.49. The molecule has 5 nitrogen and oxygen atoms in total. The maximum absolute atomic E-state index is 10.2. The highest BCUT2D eigenvalue weighted by Gasteiger charge is 2.45. The zero-order chi connectivity index (χ0) is 16.7. The van der Waals surface area contributed by atoms with Crippen LogP contribution in [0.2, 0.25) is 0 Å². The van der Waals surface area contributed by atoms with Crippen LogP contribution in [0, 0.1) is 6.92 Å². The molecule has 2 aliphatic heterocycles. The zero-order valence-electron chi connectivity index (χ0n) is 14.5. The summed E-state index contributed by atoms with van der Waals surface area (Å²) in [7, 11) is 1.74. The average molecular weight is 330 g/mol. The topological polar surface area (TPSA) is 57.7 Å². The van der Waals surface area contributed by atoms with Crippen LogP contribution in [0.15, 0.2) is 18.3 Å². The zero-order valence-corrected chi connectivity index (χ0v) is 14.5. The van der Waals surface area contributed by atoms with E-state index in [-0.39, 0.29) is 11.7 Å². The predicted octanol–water partition coefficient (Wildman–Crippen LogP) is 2.60. The Hall–Kier alpha value is -1.56. The Balaban J connectivity index is 1.55. The van der Waals surface area contributed by atoms with Gasteiger partial charge in [-0.3, -0.25) is 4.90 Å². The summed E-state index contributed by atoms with van der Waals surface area (Å²) in [4.78, 5) is 5.78. The summed E-state index contributed by atoms with van der Waals surface area (Å²) in [5, 5.41) is 11.5. The first-order chi connectivity index (χ1) is 11.6. The number of ether oxygens (including phenoxy) is 2. The molecule has 2 aromatic rings. The van der Waals surface area contributed by atoms with E-state index in [4.69, 9.17) is 9.47 Å². The van der Waals surface area contributed by atoms with E-state index in [0.29, 0.717) is 6.61 Å². The molecule has 2 fully saturated rings. The molecule has 130 valence electrons. The van der Waals surface area contributed by atoms with Gasteiger partial charge in [0.05, 0.1) is 25.4 Å². The maximum Gasteiger partial charge on any atom is 0.124 e. The molecule has 0 saturated carbocycles. The number of aliphatic hydroxyl groups excluding tert-OH is 1. The van der Waals surface area contributed by atoms with Crippen LogP contribution in [-0.4, -0.2) is 53.5 Å². The number of methoxy groups -OCH3 is 1. The van der Waals surface area contributed by atoms with E-state index >= 15 is 0 Å². The predicted molar refractivity (Wildman–Crippen MR) is 93.4 cm³/mol. The summed E-state index contributed by atoms with van der Waals surface area (Å²) >= 11 is 0. The van der Waals surface area contributed by atoms with Crippen molar-refractivity contribution in [2.24, 2.45) is 0 Å². The summed E-state index contributed by atoms with van der Waals surface area (Å²) in [5.74, 6) is 0.956. The number of nitrogens with one attached hydrogen (secondary N) is 1. The van der Waals surface area contributed by atoms with E-state index in [1.165, 1.54) is 22.0 Å². The number of hydrogen-bond donors (Lipinski definition) is 2. The SMILES string of the molecule is COc1cc(C)c2[nH]ccc2c1CN1CCC2(CC1)OCCC2O. The fourth-order valence-corrected chi connectivity index (χ4v) is 4.30. The molecule has 1 atom stereocenters. The number of fused-ring (bicyclic) bond motifs is 1. The fraction of sp³-hybridized carbons (Fsp3) is 0.579. The number of likely N-dealkylation sites (tertiary alicyclic amines) is 1. The second-order valence-electron chi connectivity index (χ2n) is 7.13. The summed E-state index contributed by atoms with van der Waals surface area (Å²) in [6.45, 7) is 5.55. The van der Waals surface area contributed by atoms with Gasteiger partial charge in [-0.05, 0) is 43.9 Å². The Morgan fingerprint density at radius 3 is 2.88 bits per heavy atom. The highest BCUT2D eigenvalue weighted by molar-refractivity contribution is 5.88. The molecule has 0 aliphatic carbocycles. The normalized spacial score (nSPS) is 24.0. The number of piperidine rings is 1. The number of hydrogen-bond acceptors (Lipinski definition) is 4. The van der Waals surface area contributed by atoms with Gasteiger partial charge in [-0.1, -0.05) is 0 Å². The van der Waals surface area contributed by atoms with E-state index in [0.717, 1.165) is 44.6 Å². The molecule has 0 bridgehead atoms. The number of aromatic amines is 1. The van der Waals surface area contributed by atoms with Crippen molar-refractivity contribution in [3.63, 3.8) is 0 Å². The minimum absolute atomic E-state index is 0.294. The van der Waals surface area contributed by atoms with Gasteiger partial charge in [0.15, 0.2) is 0 Å². The highest BCUT2D eigenvalue weighted by Crippen LogP contribution is 2.38. The van der Waals surface area contributed by atoms with Crippen molar-refractivity contribution >= 4 is 10.9 Å². The molecular formula is C19H26N2O3. The Bertz CT molecular complexity index is 732. The van der Waals surface area contributed by atoms with Crippen molar-refractivity contribution in [2.45, 2.75) is 44.4 Å². The Kier molecular flexibility index (Phi) is 4.03. The van der Waals surface area contributed by atoms with Crippen molar-refractivity contribution in [3.05, 3.63) is 29.5 Å². The van der Waals surface area contributed by atoms with Crippen LogP contribution >= 0.6 is 0 Å². The van der Waals surface area contributed by atoms with Gasteiger partial charge >= 0.3 is 0 Å². The van der Waals surface area contributed by atoms with Crippen LogP contribution in [0.3, 0.4) is 0 Å². The number of H-pyrrole nitrogens is 1. The second kappa shape index (κ2) is 6.06. The lowest BCUT2D eigenvalue weighted by Gasteiger charge is -2.40. The first-order valence-electron chi connectivity index (χ1n) is 8.81. The van der Waals surface area contributed by atoms with E-state index < -0.39 is 0 Å².